The van der Waals surface area contributed by atoms with E-state index < -0.39 is 17.8 Å². The van der Waals surface area contributed by atoms with E-state index in [1.54, 1.807) is 24.3 Å². The zero-order valence-electron chi connectivity index (χ0n) is 11.8. The Morgan fingerprint density at radius 2 is 1.81 bits per heavy atom. The molecule has 2 unspecified atom stereocenters. The number of carbonyl (C=O) groups is 3. The number of carboxylic acids is 1. The first-order valence-corrected chi connectivity index (χ1v) is 6.81. The Labute approximate surface area is 122 Å². The minimum absolute atomic E-state index is 0.0867. The summed E-state index contributed by atoms with van der Waals surface area (Å²) in [5.74, 6) is -2.64. The van der Waals surface area contributed by atoms with Crippen molar-refractivity contribution in [2.45, 2.75) is 12.8 Å². The molecule has 21 heavy (non-hydrogen) atoms. The van der Waals surface area contributed by atoms with E-state index in [-0.39, 0.29) is 18.4 Å². The number of benzene rings is 1. The van der Waals surface area contributed by atoms with Crippen LogP contribution in [0, 0.1) is 11.8 Å². The highest BCUT2D eigenvalue weighted by Crippen LogP contribution is 2.35. The lowest BCUT2D eigenvalue weighted by Crippen LogP contribution is -2.46. The Morgan fingerprint density at radius 3 is 2.33 bits per heavy atom. The van der Waals surface area contributed by atoms with Crippen LogP contribution in [0.1, 0.15) is 12.8 Å². The van der Waals surface area contributed by atoms with Crippen LogP contribution in [-0.4, -0.2) is 41.4 Å². The molecule has 2 atom stereocenters. The maximum atomic E-state index is 12.1. The van der Waals surface area contributed by atoms with Crippen molar-refractivity contribution in [2.24, 2.45) is 11.8 Å². The van der Waals surface area contributed by atoms with Gasteiger partial charge in [-0.15, -0.1) is 0 Å². The van der Waals surface area contributed by atoms with E-state index in [1.807, 2.05) is 6.07 Å². The summed E-state index contributed by atoms with van der Waals surface area (Å²) in [6.45, 7) is -0.0867. The van der Waals surface area contributed by atoms with E-state index in [0.717, 1.165) is 0 Å². The zero-order valence-corrected chi connectivity index (χ0v) is 11.8. The predicted molar refractivity (Wildman–Crippen MR) is 76.6 cm³/mol. The van der Waals surface area contributed by atoms with Crippen LogP contribution in [0.4, 0.5) is 5.69 Å². The molecule has 2 N–H and O–H groups in total. The average molecular weight is 290 g/mol. The summed E-state index contributed by atoms with van der Waals surface area (Å²) >= 11 is 0. The van der Waals surface area contributed by atoms with Gasteiger partial charge >= 0.3 is 5.97 Å². The summed E-state index contributed by atoms with van der Waals surface area (Å²) in [6.07, 6.45) is 1.09. The minimum Gasteiger partial charge on any atom is -0.481 e. The molecule has 0 saturated heterocycles. The molecule has 0 spiro atoms. The molecule has 1 aliphatic rings. The molecule has 2 rings (SSSR count). The number of nitrogens with zero attached hydrogens (tertiary/aromatic N) is 1. The van der Waals surface area contributed by atoms with Crippen molar-refractivity contribution in [3.63, 3.8) is 0 Å². The van der Waals surface area contributed by atoms with Gasteiger partial charge in [-0.3, -0.25) is 14.4 Å². The van der Waals surface area contributed by atoms with E-state index >= 15 is 0 Å². The molecule has 1 aliphatic carbocycles. The average Bonchev–Trinajstić information content (AvgIpc) is 2.37. The molecule has 1 fully saturated rings. The fourth-order valence-corrected chi connectivity index (χ4v) is 2.39. The molecule has 0 aliphatic heterocycles. The number of nitrogens with one attached hydrogen (secondary N) is 1. The topological polar surface area (TPSA) is 86.7 Å². The van der Waals surface area contributed by atoms with E-state index in [1.165, 1.54) is 11.9 Å². The second-order valence-corrected chi connectivity index (χ2v) is 5.24. The second kappa shape index (κ2) is 6.39. The van der Waals surface area contributed by atoms with Gasteiger partial charge < -0.3 is 15.3 Å². The van der Waals surface area contributed by atoms with Crippen LogP contribution in [0.5, 0.6) is 0 Å². The summed E-state index contributed by atoms with van der Waals surface area (Å²) in [6, 6.07) is 8.96. The number of amides is 2. The SMILES string of the molecule is CN(CC(=O)Nc1ccccc1)C(=O)C1CCC1C(=O)O. The van der Waals surface area contributed by atoms with Crippen molar-refractivity contribution in [1.82, 2.24) is 4.90 Å². The van der Waals surface area contributed by atoms with Gasteiger partial charge in [-0.2, -0.15) is 0 Å². The number of rotatable bonds is 5. The number of carboxylic acid groups (broad SMARTS) is 1. The number of anilines is 1. The van der Waals surface area contributed by atoms with Gasteiger partial charge in [0.15, 0.2) is 0 Å². The largest absolute Gasteiger partial charge is 0.481 e. The fraction of sp³-hybridized carbons (Fsp3) is 0.400. The minimum atomic E-state index is -0.943. The number of para-hydroxylation sites is 1. The molecule has 0 aromatic heterocycles. The monoisotopic (exact) mass is 290 g/mol. The number of aliphatic carboxylic acids is 1. The molecule has 0 radical (unpaired) electrons. The van der Waals surface area contributed by atoms with Crippen LogP contribution in [0.3, 0.4) is 0 Å². The van der Waals surface area contributed by atoms with Crippen molar-refractivity contribution in [3.05, 3.63) is 30.3 Å². The van der Waals surface area contributed by atoms with Crippen molar-refractivity contribution in [2.75, 3.05) is 18.9 Å². The first kappa shape index (κ1) is 15.0. The molecule has 0 bridgehead atoms. The molecule has 1 aromatic rings. The summed E-state index contributed by atoms with van der Waals surface area (Å²) in [7, 11) is 1.52. The molecule has 2 amide bonds. The smallest absolute Gasteiger partial charge is 0.307 e. The van der Waals surface area contributed by atoms with E-state index in [4.69, 9.17) is 5.11 Å². The lowest BCUT2D eigenvalue weighted by Gasteiger charge is -2.34. The van der Waals surface area contributed by atoms with Gasteiger partial charge in [0.1, 0.15) is 0 Å². The van der Waals surface area contributed by atoms with Gasteiger partial charge in [0, 0.05) is 12.7 Å². The Balaban J connectivity index is 1.86. The molecular weight excluding hydrogens is 272 g/mol. The zero-order chi connectivity index (χ0) is 15.4. The lowest BCUT2D eigenvalue weighted by atomic mass is 9.73. The molecule has 0 heterocycles. The maximum Gasteiger partial charge on any atom is 0.307 e. The fourth-order valence-electron chi connectivity index (χ4n) is 2.39. The van der Waals surface area contributed by atoms with E-state index in [0.29, 0.717) is 18.5 Å². The van der Waals surface area contributed by atoms with Crippen molar-refractivity contribution >= 4 is 23.5 Å². The number of hydrogen-bond donors (Lipinski definition) is 2. The van der Waals surface area contributed by atoms with E-state index in [2.05, 4.69) is 5.32 Å². The van der Waals surface area contributed by atoms with Crippen LogP contribution >= 0.6 is 0 Å². The molecule has 1 aromatic carbocycles. The first-order valence-electron chi connectivity index (χ1n) is 6.81. The van der Waals surface area contributed by atoms with Crippen LogP contribution < -0.4 is 5.32 Å². The van der Waals surface area contributed by atoms with Crippen molar-refractivity contribution in [3.8, 4) is 0 Å². The maximum absolute atomic E-state index is 12.1. The highest BCUT2D eigenvalue weighted by atomic mass is 16.4. The van der Waals surface area contributed by atoms with Gasteiger partial charge in [0.25, 0.3) is 0 Å². The molecular formula is C15H18N2O4. The second-order valence-electron chi connectivity index (χ2n) is 5.24. The van der Waals surface area contributed by atoms with Crippen LogP contribution in [-0.2, 0) is 14.4 Å². The summed E-state index contributed by atoms with van der Waals surface area (Å²) < 4.78 is 0. The molecule has 6 heteroatoms. The summed E-state index contributed by atoms with van der Waals surface area (Å²) in [4.78, 5) is 36.2. The van der Waals surface area contributed by atoms with Crippen molar-refractivity contribution in [1.29, 1.82) is 0 Å². The Hall–Kier alpha value is -2.37. The van der Waals surface area contributed by atoms with E-state index in [9.17, 15) is 14.4 Å². The van der Waals surface area contributed by atoms with Crippen LogP contribution in [0.25, 0.3) is 0 Å². The van der Waals surface area contributed by atoms with Gasteiger partial charge in [-0.05, 0) is 25.0 Å². The Kier molecular flexibility index (Phi) is 4.57. The number of carbonyl (C=O) groups excluding carboxylic acids is 2. The van der Waals surface area contributed by atoms with Gasteiger partial charge in [0.2, 0.25) is 11.8 Å². The summed E-state index contributed by atoms with van der Waals surface area (Å²) in [5, 5.41) is 11.6. The Bertz CT molecular complexity index is 544. The lowest BCUT2D eigenvalue weighted by molar-refractivity contribution is -0.156. The quantitative estimate of drug-likeness (QED) is 0.853. The van der Waals surface area contributed by atoms with Crippen LogP contribution in [0.2, 0.25) is 0 Å². The normalized spacial score (nSPS) is 20.2. The molecule has 1 saturated carbocycles. The molecule has 112 valence electrons. The third-order valence-electron chi connectivity index (χ3n) is 3.72. The first-order chi connectivity index (χ1) is 9.99. The molecule has 6 nitrogen and oxygen atoms in total. The highest BCUT2D eigenvalue weighted by Gasteiger charge is 2.42. The van der Waals surface area contributed by atoms with Gasteiger partial charge in [-0.25, -0.2) is 0 Å². The standard InChI is InChI=1S/C15H18N2O4/c1-17(14(19)11-7-8-12(11)15(20)21)9-13(18)16-10-5-3-2-4-6-10/h2-6,11-12H,7-9H2,1H3,(H,16,18)(H,20,21). The van der Waals surface area contributed by atoms with Gasteiger partial charge in [0.05, 0.1) is 18.4 Å². The predicted octanol–water partition coefficient (Wildman–Crippen LogP) is 1.19. The van der Waals surface area contributed by atoms with Crippen LogP contribution in [0.15, 0.2) is 30.3 Å². The highest BCUT2D eigenvalue weighted by molar-refractivity contribution is 5.95. The number of hydrogen-bond acceptors (Lipinski definition) is 3. The van der Waals surface area contributed by atoms with Crippen molar-refractivity contribution < 1.29 is 19.5 Å². The Morgan fingerprint density at radius 1 is 1.19 bits per heavy atom. The third-order valence-corrected chi connectivity index (χ3v) is 3.72. The van der Waals surface area contributed by atoms with Gasteiger partial charge in [-0.1, -0.05) is 18.2 Å². The summed E-state index contributed by atoms with van der Waals surface area (Å²) in [5.41, 5.74) is 0.662. The third kappa shape index (κ3) is 3.59. The number of likely N-dealkylation sites (N-methyl/N-ethyl adjacent to an activating group) is 1.